The standard InChI is InChI=1S/C17H15BrF3N5O/c18-15-14(22-13-3-1-2-7-25(13)15)16(27)24-8-4-11(5-9-24)26-10-6-12(23-26)17(19,20)21/h1-3,6-7,10-11H,4-5,8-9H2. The van der Waals surface area contributed by atoms with Crippen molar-refractivity contribution in [2.24, 2.45) is 0 Å². The lowest BCUT2D eigenvalue weighted by molar-refractivity contribution is -0.141. The summed E-state index contributed by atoms with van der Waals surface area (Å²) >= 11 is 3.42. The highest BCUT2D eigenvalue weighted by Crippen LogP contribution is 2.30. The summed E-state index contributed by atoms with van der Waals surface area (Å²) in [7, 11) is 0. The number of pyridine rings is 1. The number of rotatable bonds is 2. The van der Waals surface area contributed by atoms with Gasteiger partial charge in [-0.2, -0.15) is 18.3 Å². The van der Waals surface area contributed by atoms with Gasteiger partial charge in [-0.25, -0.2) is 4.98 Å². The van der Waals surface area contributed by atoms with E-state index in [0.717, 1.165) is 6.07 Å². The van der Waals surface area contributed by atoms with E-state index in [2.05, 4.69) is 26.0 Å². The fourth-order valence-corrected chi connectivity index (χ4v) is 3.84. The summed E-state index contributed by atoms with van der Waals surface area (Å²) in [5, 5.41) is 3.64. The third-order valence-electron chi connectivity index (χ3n) is 4.70. The smallest absolute Gasteiger partial charge is 0.337 e. The molecule has 1 fully saturated rings. The molecular formula is C17H15BrF3N5O. The molecule has 6 nitrogen and oxygen atoms in total. The predicted octanol–water partition coefficient (Wildman–Crippen LogP) is 3.79. The van der Waals surface area contributed by atoms with Crippen molar-refractivity contribution in [1.29, 1.82) is 0 Å². The van der Waals surface area contributed by atoms with E-state index in [9.17, 15) is 18.0 Å². The molecule has 3 aromatic rings. The average Bonchev–Trinajstić information content (AvgIpc) is 3.27. The minimum Gasteiger partial charge on any atom is -0.337 e. The van der Waals surface area contributed by atoms with E-state index < -0.39 is 11.9 Å². The molecular weight excluding hydrogens is 427 g/mol. The van der Waals surface area contributed by atoms with Crippen molar-refractivity contribution in [3.05, 3.63) is 52.7 Å². The number of hydrogen-bond acceptors (Lipinski definition) is 3. The molecule has 0 unspecified atom stereocenters. The SMILES string of the molecule is O=C(c1nc2ccccn2c1Br)N1CCC(n2ccc(C(F)(F)F)n2)CC1. The Morgan fingerprint density at radius 2 is 1.89 bits per heavy atom. The Morgan fingerprint density at radius 1 is 1.15 bits per heavy atom. The zero-order chi connectivity index (χ0) is 19.2. The Bertz CT molecular complexity index is 988. The molecule has 0 N–H and O–H groups in total. The van der Waals surface area contributed by atoms with E-state index in [1.165, 1.54) is 10.9 Å². The van der Waals surface area contributed by atoms with Crippen LogP contribution in [0, 0.1) is 0 Å². The summed E-state index contributed by atoms with van der Waals surface area (Å²) in [4.78, 5) is 18.9. The number of aromatic nitrogens is 4. The molecule has 0 bridgehead atoms. The van der Waals surface area contributed by atoms with Gasteiger partial charge in [-0.1, -0.05) is 6.07 Å². The molecule has 0 spiro atoms. The highest BCUT2D eigenvalue weighted by atomic mass is 79.9. The molecule has 10 heteroatoms. The van der Waals surface area contributed by atoms with E-state index in [-0.39, 0.29) is 11.9 Å². The lowest BCUT2D eigenvalue weighted by Crippen LogP contribution is -2.39. The molecule has 1 saturated heterocycles. The minimum absolute atomic E-state index is 0.158. The fraction of sp³-hybridized carbons (Fsp3) is 0.353. The van der Waals surface area contributed by atoms with Crippen molar-refractivity contribution in [2.75, 3.05) is 13.1 Å². The largest absolute Gasteiger partial charge is 0.435 e. The molecule has 4 heterocycles. The van der Waals surface area contributed by atoms with Crippen molar-refractivity contribution in [1.82, 2.24) is 24.1 Å². The first kappa shape index (κ1) is 18.0. The Labute approximate surface area is 160 Å². The summed E-state index contributed by atoms with van der Waals surface area (Å²) in [6, 6.07) is 6.32. The first-order chi connectivity index (χ1) is 12.8. The Balaban J connectivity index is 1.46. The van der Waals surface area contributed by atoms with Gasteiger partial charge in [0.25, 0.3) is 5.91 Å². The molecule has 1 aliphatic rings. The van der Waals surface area contributed by atoms with Crippen molar-refractivity contribution < 1.29 is 18.0 Å². The van der Waals surface area contributed by atoms with E-state index >= 15 is 0 Å². The highest BCUT2D eigenvalue weighted by Gasteiger charge is 2.35. The van der Waals surface area contributed by atoms with Crippen LogP contribution in [0.5, 0.6) is 0 Å². The number of halogens is 4. The topological polar surface area (TPSA) is 55.4 Å². The van der Waals surface area contributed by atoms with Gasteiger partial charge in [-0.3, -0.25) is 13.9 Å². The number of nitrogens with zero attached hydrogens (tertiary/aromatic N) is 5. The molecule has 0 aliphatic carbocycles. The second-order valence-electron chi connectivity index (χ2n) is 6.38. The summed E-state index contributed by atoms with van der Waals surface area (Å²) in [5.74, 6) is -0.194. The van der Waals surface area contributed by atoms with Crippen LogP contribution in [0.3, 0.4) is 0 Å². The number of amides is 1. The summed E-state index contributed by atoms with van der Waals surface area (Å²) in [6.07, 6.45) is -0.211. The highest BCUT2D eigenvalue weighted by molar-refractivity contribution is 9.10. The monoisotopic (exact) mass is 441 g/mol. The third-order valence-corrected chi connectivity index (χ3v) is 5.46. The molecule has 27 heavy (non-hydrogen) atoms. The van der Waals surface area contributed by atoms with Crippen LogP contribution in [0.25, 0.3) is 5.65 Å². The zero-order valence-corrected chi connectivity index (χ0v) is 15.6. The van der Waals surface area contributed by atoms with Crippen molar-refractivity contribution in [2.45, 2.75) is 25.1 Å². The van der Waals surface area contributed by atoms with E-state index in [0.29, 0.717) is 41.9 Å². The molecule has 0 aromatic carbocycles. The third kappa shape index (κ3) is 3.33. The van der Waals surface area contributed by atoms with Crippen LogP contribution in [0.1, 0.15) is 35.1 Å². The Kier molecular flexibility index (Phi) is 4.45. The van der Waals surface area contributed by atoms with Crippen molar-refractivity contribution in [3.8, 4) is 0 Å². The van der Waals surface area contributed by atoms with Gasteiger partial charge in [0.1, 0.15) is 10.3 Å². The lowest BCUT2D eigenvalue weighted by Gasteiger charge is -2.31. The van der Waals surface area contributed by atoms with Gasteiger partial charge in [0, 0.05) is 25.5 Å². The molecule has 0 radical (unpaired) electrons. The Morgan fingerprint density at radius 3 is 2.52 bits per heavy atom. The number of alkyl halides is 3. The molecule has 4 rings (SSSR count). The van der Waals surface area contributed by atoms with Gasteiger partial charge >= 0.3 is 6.18 Å². The second-order valence-corrected chi connectivity index (χ2v) is 7.13. The maximum Gasteiger partial charge on any atom is 0.435 e. The number of carbonyl (C=O) groups is 1. The zero-order valence-electron chi connectivity index (χ0n) is 14.0. The van der Waals surface area contributed by atoms with E-state index in [1.54, 1.807) is 9.30 Å². The molecule has 1 aliphatic heterocycles. The number of piperidine rings is 1. The molecule has 0 atom stereocenters. The molecule has 3 aromatic heterocycles. The maximum atomic E-state index is 12.8. The quantitative estimate of drug-likeness (QED) is 0.607. The first-order valence-electron chi connectivity index (χ1n) is 8.39. The van der Waals surface area contributed by atoms with Gasteiger partial charge < -0.3 is 4.90 Å². The number of imidazole rings is 1. The Hall–Kier alpha value is -2.36. The molecule has 142 valence electrons. The van der Waals surface area contributed by atoms with Crippen molar-refractivity contribution >= 4 is 27.5 Å². The minimum atomic E-state index is -4.45. The second kappa shape index (κ2) is 6.66. The summed E-state index contributed by atoms with van der Waals surface area (Å²) in [6.45, 7) is 0.871. The summed E-state index contributed by atoms with van der Waals surface area (Å²) in [5.41, 5.74) is 0.103. The van der Waals surface area contributed by atoms with E-state index in [1.807, 2.05) is 24.4 Å². The van der Waals surface area contributed by atoms with Crippen LogP contribution < -0.4 is 0 Å². The van der Waals surface area contributed by atoms with Gasteiger partial charge in [-0.05, 0) is 47.0 Å². The first-order valence-corrected chi connectivity index (χ1v) is 9.18. The van der Waals surface area contributed by atoms with Gasteiger partial charge in [-0.15, -0.1) is 0 Å². The van der Waals surface area contributed by atoms with Crippen LogP contribution in [-0.2, 0) is 6.18 Å². The number of likely N-dealkylation sites (tertiary alicyclic amines) is 1. The summed E-state index contributed by atoms with van der Waals surface area (Å²) < 4.78 is 41.8. The molecule has 0 saturated carbocycles. The number of carbonyl (C=O) groups excluding carboxylic acids is 1. The van der Waals surface area contributed by atoms with Crippen LogP contribution in [0.4, 0.5) is 13.2 Å². The van der Waals surface area contributed by atoms with Crippen LogP contribution in [-0.4, -0.2) is 43.1 Å². The lowest BCUT2D eigenvalue weighted by atomic mass is 10.1. The van der Waals surface area contributed by atoms with Gasteiger partial charge in [0.2, 0.25) is 0 Å². The normalized spacial score (nSPS) is 16.2. The number of fused-ring (bicyclic) bond motifs is 1. The number of hydrogen-bond donors (Lipinski definition) is 0. The van der Waals surface area contributed by atoms with E-state index in [4.69, 9.17) is 0 Å². The average molecular weight is 442 g/mol. The van der Waals surface area contributed by atoms with Crippen LogP contribution >= 0.6 is 15.9 Å². The predicted molar refractivity (Wildman–Crippen MR) is 94.3 cm³/mol. The fourth-order valence-electron chi connectivity index (χ4n) is 3.28. The molecule has 1 amide bonds. The van der Waals surface area contributed by atoms with Gasteiger partial charge in [0.05, 0.1) is 6.04 Å². The van der Waals surface area contributed by atoms with Gasteiger partial charge in [0.15, 0.2) is 11.4 Å². The van der Waals surface area contributed by atoms with Crippen LogP contribution in [0.15, 0.2) is 41.3 Å². The van der Waals surface area contributed by atoms with Crippen LogP contribution in [0.2, 0.25) is 0 Å². The maximum absolute atomic E-state index is 12.8. The van der Waals surface area contributed by atoms with Crippen molar-refractivity contribution in [3.63, 3.8) is 0 Å².